The lowest BCUT2D eigenvalue weighted by Crippen LogP contribution is -2.39. The highest BCUT2D eigenvalue weighted by Crippen LogP contribution is 2.33. The van der Waals surface area contributed by atoms with Gasteiger partial charge in [0.15, 0.2) is 0 Å². The first kappa shape index (κ1) is 24.2. The number of halogens is 2. The molecule has 1 aliphatic heterocycles. The molecule has 0 N–H and O–H groups in total. The molecule has 5 aromatic rings. The third-order valence-electron chi connectivity index (χ3n) is 6.60. The van der Waals surface area contributed by atoms with E-state index in [1.165, 1.54) is 16.7 Å². The highest BCUT2D eigenvalue weighted by molar-refractivity contribution is 6.30. The lowest BCUT2D eigenvalue weighted by Gasteiger charge is -2.32. The molecule has 4 heterocycles. The zero-order chi connectivity index (χ0) is 26.4. The van der Waals surface area contributed by atoms with Gasteiger partial charge in [-0.3, -0.25) is 9.36 Å². The molecule has 6 rings (SSSR count). The average Bonchev–Trinajstić information content (AvgIpc) is 3.42. The van der Waals surface area contributed by atoms with Gasteiger partial charge >= 0.3 is 0 Å². The van der Waals surface area contributed by atoms with Crippen LogP contribution in [0.3, 0.4) is 0 Å². The van der Waals surface area contributed by atoms with Crippen LogP contribution in [0, 0.1) is 12.7 Å². The van der Waals surface area contributed by atoms with Crippen LogP contribution in [-0.2, 0) is 11.8 Å². The van der Waals surface area contributed by atoms with Crippen LogP contribution in [0.2, 0.25) is 5.02 Å². The van der Waals surface area contributed by atoms with Crippen molar-refractivity contribution in [3.63, 3.8) is 0 Å². The van der Waals surface area contributed by atoms with Gasteiger partial charge in [0.1, 0.15) is 23.6 Å². The summed E-state index contributed by atoms with van der Waals surface area (Å²) in [7, 11) is 1.63. The minimum Gasteiger partial charge on any atom is -0.366 e. The molecule has 0 saturated carbocycles. The Morgan fingerprint density at radius 1 is 1.08 bits per heavy atom. The van der Waals surface area contributed by atoms with Gasteiger partial charge in [-0.05, 0) is 37.3 Å². The van der Waals surface area contributed by atoms with Crippen molar-refractivity contribution in [3.8, 4) is 22.7 Å². The Bertz CT molecular complexity index is 1720. The van der Waals surface area contributed by atoms with Gasteiger partial charge < -0.3 is 14.2 Å². The maximum absolute atomic E-state index is 15.1. The average molecular weight is 533 g/mol. The van der Waals surface area contributed by atoms with Gasteiger partial charge in [-0.2, -0.15) is 4.98 Å². The number of hydrogen-bond donors (Lipinski definition) is 0. The van der Waals surface area contributed by atoms with Crippen molar-refractivity contribution >= 4 is 28.3 Å². The zero-order valence-electron chi connectivity index (χ0n) is 20.6. The number of benzene rings is 2. The predicted molar refractivity (Wildman–Crippen MR) is 141 cm³/mol. The number of nitrogens with zero attached hydrogens (tertiary/aromatic N) is 6. The number of morpholine rings is 1. The largest absolute Gasteiger partial charge is 0.366 e. The Labute approximate surface area is 221 Å². The summed E-state index contributed by atoms with van der Waals surface area (Å²) in [5, 5.41) is 4.62. The first-order valence-corrected chi connectivity index (χ1v) is 12.4. The molecular formula is C27H22ClFN6O3. The van der Waals surface area contributed by atoms with Crippen LogP contribution in [0.15, 0.2) is 63.9 Å². The lowest BCUT2D eigenvalue weighted by molar-refractivity contribution is 0.0324. The third kappa shape index (κ3) is 4.31. The molecule has 11 heteroatoms. The highest BCUT2D eigenvalue weighted by Gasteiger charge is 2.29. The predicted octanol–water partition coefficient (Wildman–Crippen LogP) is 4.72. The van der Waals surface area contributed by atoms with Crippen molar-refractivity contribution in [2.75, 3.05) is 24.6 Å². The van der Waals surface area contributed by atoms with Crippen molar-refractivity contribution in [1.29, 1.82) is 0 Å². The number of pyridine rings is 1. The Hall–Kier alpha value is -4.15. The van der Waals surface area contributed by atoms with Gasteiger partial charge in [0, 0.05) is 35.8 Å². The fraction of sp³-hybridized carbons (Fsp3) is 0.222. The summed E-state index contributed by atoms with van der Waals surface area (Å²) in [6.45, 7) is 3.02. The molecule has 1 fully saturated rings. The minimum absolute atomic E-state index is 0.166. The van der Waals surface area contributed by atoms with E-state index in [4.69, 9.17) is 25.8 Å². The number of ether oxygens (including phenoxy) is 1. The molecular weight excluding hydrogens is 511 g/mol. The monoisotopic (exact) mass is 532 g/mol. The lowest BCUT2D eigenvalue weighted by atomic mass is 10.1. The zero-order valence-corrected chi connectivity index (χ0v) is 21.3. The van der Waals surface area contributed by atoms with E-state index in [9.17, 15) is 4.79 Å². The van der Waals surface area contributed by atoms with Crippen LogP contribution in [-0.4, -0.2) is 44.4 Å². The Morgan fingerprint density at radius 3 is 2.68 bits per heavy atom. The number of hydrogen-bond acceptors (Lipinski definition) is 8. The molecule has 3 aromatic heterocycles. The Balaban J connectivity index is 1.41. The molecule has 1 atom stereocenters. The molecule has 9 nitrogen and oxygen atoms in total. The fourth-order valence-electron chi connectivity index (χ4n) is 4.50. The standard InChI is InChI=1S/C27H22ClFN6O3/c1-15-30-20-13-22(31-24(23(20)27(36)34(15)2)18-9-8-17(28)12-19(18)29)35-10-11-37-21(14-35)25-32-26(38-33-25)16-6-4-3-5-7-16/h3-9,12-13,21H,10-11,14H2,1-2H3. The molecule has 0 amide bonds. The van der Waals surface area contributed by atoms with E-state index >= 15 is 4.39 Å². The number of rotatable bonds is 4. The number of fused-ring (bicyclic) bond motifs is 1. The molecule has 0 bridgehead atoms. The topological polar surface area (TPSA) is 99.2 Å². The molecule has 0 aliphatic carbocycles. The first-order valence-electron chi connectivity index (χ1n) is 12.0. The molecule has 1 saturated heterocycles. The molecule has 192 valence electrons. The van der Waals surface area contributed by atoms with Crippen LogP contribution in [0.4, 0.5) is 10.2 Å². The maximum atomic E-state index is 15.1. The SMILES string of the molecule is Cc1nc2cc(N3CCOC(c4noc(-c5ccccc5)n4)C3)nc(-c3ccc(Cl)cc3F)c2c(=O)n1C. The van der Waals surface area contributed by atoms with Crippen LogP contribution < -0.4 is 10.5 Å². The summed E-state index contributed by atoms with van der Waals surface area (Å²) < 4.78 is 27.9. The minimum atomic E-state index is -0.578. The Morgan fingerprint density at radius 2 is 1.89 bits per heavy atom. The van der Waals surface area contributed by atoms with Crippen molar-refractivity contribution in [2.45, 2.75) is 13.0 Å². The number of aryl methyl sites for hydroxylation is 1. The molecule has 0 spiro atoms. The van der Waals surface area contributed by atoms with Crippen LogP contribution >= 0.6 is 11.6 Å². The number of anilines is 1. The molecule has 0 radical (unpaired) electrons. The van der Waals surface area contributed by atoms with Crippen LogP contribution in [0.5, 0.6) is 0 Å². The highest BCUT2D eigenvalue weighted by atomic mass is 35.5. The van der Waals surface area contributed by atoms with Gasteiger partial charge in [0.05, 0.1) is 29.7 Å². The normalized spacial score (nSPS) is 15.8. The Kier molecular flexibility index (Phi) is 6.13. The summed E-state index contributed by atoms with van der Waals surface area (Å²) in [6.07, 6.45) is -0.475. The van der Waals surface area contributed by atoms with E-state index in [2.05, 4.69) is 15.1 Å². The number of aromatic nitrogens is 5. The van der Waals surface area contributed by atoms with Gasteiger partial charge in [-0.15, -0.1) is 0 Å². The van der Waals surface area contributed by atoms with Crippen LogP contribution in [0.1, 0.15) is 17.8 Å². The molecule has 1 unspecified atom stereocenters. The summed E-state index contributed by atoms with van der Waals surface area (Å²) >= 11 is 5.99. The summed E-state index contributed by atoms with van der Waals surface area (Å²) in [5.74, 6) is 1.30. The van der Waals surface area contributed by atoms with E-state index in [1.54, 1.807) is 26.1 Å². The first-order chi connectivity index (χ1) is 18.4. The second-order valence-corrected chi connectivity index (χ2v) is 9.44. The van der Waals surface area contributed by atoms with Gasteiger partial charge in [-0.25, -0.2) is 14.4 Å². The van der Waals surface area contributed by atoms with Gasteiger partial charge in [0.2, 0.25) is 5.82 Å². The van der Waals surface area contributed by atoms with Crippen molar-refractivity contribution < 1.29 is 13.7 Å². The summed E-state index contributed by atoms with van der Waals surface area (Å²) in [5.41, 5.74) is 1.30. The van der Waals surface area contributed by atoms with Gasteiger partial charge in [-0.1, -0.05) is 35.0 Å². The van der Waals surface area contributed by atoms with Crippen molar-refractivity contribution in [2.24, 2.45) is 7.05 Å². The van der Waals surface area contributed by atoms with E-state index in [0.29, 0.717) is 48.6 Å². The van der Waals surface area contributed by atoms with E-state index in [1.807, 2.05) is 35.2 Å². The molecule has 1 aliphatic rings. The van der Waals surface area contributed by atoms with Crippen molar-refractivity contribution in [1.82, 2.24) is 24.7 Å². The fourth-order valence-corrected chi connectivity index (χ4v) is 4.66. The van der Waals surface area contributed by atoms with E-state index in [-0.39, 0.29) is 27.2 Å². The maximum Gasteiger partial charge on any atom is 0.263 e. The molecule has 38 heavy (non-hydrogen) atoms. The summed E-state index contributed by atoms with van der Waals surface area (Å²) in [4.78, 5) is 29.1. The smallest absolute Gasteiger partial charge is 0.263 e. The second-order valence-electron chi connectivity index (χ2n) is 9.00. The molecule has 2 aromatic carbocycles. The van der Waals surface area contributed by atoms with Gasteiger partial charge in [0.25, 0.3) is 11.4 Å². The van der Waals surface area contributed by atoms with E-state index < -0.39 is 11.9 Å². The quantitative estimate of drug-likeness (QED) is 0.328. The van der Waals surface area contributed by atoms with Crippen molar-refractivity contribution in [3.05, 3.63) is 87.4 Å². The third-order valence-corrected chi connectivity index (χ3v) is 6.83. The van der Waals surface area contributed by atoms with E-state index in [0.717, 1.165) is 5.56 Å². The summed E-state index contributed by atoms with van der Waals surface area (Å²) in [6, 6.07) is 15.5. The second kappa shape index (κ2) is 9.62. The van der Waals surface area contributed by atoms with Crippen LogP contribution in [0.25, 0.3) is 33.6 Å².